The van der Waals surface area contributed by atoms with Crippen LogP contribution < -0.4 is 4.90 Å². The molecule has 0 radical (unpaired) electrons. The average Bonchev–Trinajstić information content (AvgIpc) is 3.02. The van der Waals surface area contributed by atoms with E-state index in [-0.39, 0.29) is 17.6 Å². The summed E-state index contributed by atoms with van der Waals surface area (Å²) in [4.78, 5) is 14.8. The van der Waals surface area contributed by atoms with Gasteiger partial charge in [0.2, 0.25) is 15.9 Å². The zero-order chi connectivity index (χ0) is 15.9. The van der Waals surface area contributed by atoms with Crippen LogP contribution in [-0.2, 0) is 21.2 Å². The minimum atomic E-state index is -3.30. The molecule has 120 valence electrons. The largest absolute Gasteiger partial charge is 0.310 e. The third kappa shape index (κ3) is 2.54. The topological polar surface area (TPSA) is 57.7 Å². The van der Waals surface area contributed by atoms with Gasteiger partial charge in [-0.25, -0.2) is 8.42 Å². The molecule has 1 fully saturated rings. The highest BCUT2D eigenvalue weighted by Gasteiger charge is 2.42. The molecular formula is C16H22N2O3S. The van der Waals surface area contributed by atoms with Crippen molar-refractivity contribution in [3.63, 3.8) is 0 Å². The molecule has 1 aromatic carbocycles. The van der Waals surface area contributed by atoms with Crippen LogP contribution >= 0.6 is 0 Å². The summed E-state index contributed by atoms with van der Waals surface area (Å²) in [5.74, 6) is 0.0126. The van der Waals surface area contributed by atoms with Crippen LogP contribution in [0.2, 0.25) is 0 Å². The molecule has 3 rings (SSSR count). The smallest absolute Gasteiger partial charge is 0.245 e. The molecule has 22 heavy (non-hydrogen) atoms. The van der Waals surface area contributed by atoms with Crippen LogP contribution in [0.5, 0.6) is 0 Å². The summed E-state index contributed by atoms with van der Waals surface area (Å²) in [5, 5.41) is 0. The number of amides is 1. The van der Waals surface area contributed by atoms with Crippen molar-refractivity contribution in [2.24, 2.45) is 5.92 Å². The van der Waals surface area contributed by atoms with Crippen molar-refractivity contribution in [1.29, 1.82) is 0 Å². The van der Waals surface area contributed by atoms with E-state index in [1.54, 1.807) is 4.90 Å². The van der Waals surface area contributed by atoms with Gasteiger partial charge in [0.15, 0.2) is 0 Å². The molecule has 0 N–H and O–H groups in total. The lowest BCUT2D eigenvalue weighted by molar-refractivity contribution is -0.123. The van der Waals surface area contributed by atoms with Gasteiger partial charge in [-0.2, -0.15) is 4.31 Å². The van der Waals surface area contributed by atoms with Crippen LogP contribution in [0, 0.1) is 5.92 Å². The second kappa shape index (κ2) is 5.66. The lowest BCUT2D eigenvalue weighted by Crippen LogP contribution is -2.51. The summed E-state index contributed by atoms with van der Waals surface area (Å²) in [7, 11) is -3.30. The maximum Gasteiger partial charge on any atom is 0.245 e. The standard InChI is InChI=1S/C16H22N2O3S/c1-12(2)15(18-9-5-11-22(18,20)21)16(19)17-10-8-13-6-3-4-7-14(13)17/h3-4,6-7,12,15H,5,8-11H2,1-2H3. The van der Waals surface area contributed by atoms with Gasteiger partial charge in [-0.15, -0.1) is 0 Å². The first-order valence-electron chi connectivity index (χ1n) is 7.80. The second-order valence-corrected chi connectivity index (χ2v) is 8.38. The molecule has 1 atom stereocenters. The summed E-state index contributed by atoms with van der Waals surface area (Å²) in [5.41, 5.74) is 2.08. The Hall–Kier alpha value is -1.40. The molecule has 2 aliphatic heterocycles. The Morgan fingerprint density at radius 3 is 2.55 bits per heavy atom. The maximum absolute atomic E-state index is 13.0. The third-order valence-corrected chi connectivity index (χ3v) is 6.41. The molecule has 0 saturated carbocycles. The number of carbonyl (C=O) groups excluding carboxylic acids is 1. The van der Waals surface area contributed by atoms with Crippen molar-refractivity contribution in [3.8, 4) is 0 Å². The Labute approximate surface area is 132 Å². The third-order valence-electron chi connectivity index (χ3n) is 4.49. The van der Waals surface area contributed by atoms with Crippen LogP contribution in [0.3, 0.4) is 0 Å². The average molecular weight is 322 g/mol. The molecule has 1 amide bonds. The molecular weight excluding hydrogens is 300 g/mol. The van der Waals surface area contributed by atoms with Crippen LogP contribution in [0.4, 0.5) is 5.69 Å². The predicted octanol–water partition coefficient (Wildman–Crippen LogP) is 1.64. The first kappa shape index (κ1) is 15.5. The van der Waals surface area contributed by atoms with Gasteiger partial charge < -0.3 is 4.90 Å². The normalized spacial score (nSPS) is 22.0. The Kier molecular flexibility index (Phi) is 3.99. The molecule has 0 aromatic heterocycles. The highest BCUT2D eigenvalue weighted by atomic mass is 32.2. The van der Waals surface area contributed by atoms with E-state index in [1.165, 1.54) is 4.31 Å². The quantitative estimate of drug-likeness (QED) is 0.850. The predicted molar refractivity (Wildman–Crippen MR) is 86.2 cm³/mol. The van der Waals surface area contributed by atoms with Crippen LogP contribution in [0.25, 0.3) is 0 Å². The molecule has 6 heteroatoms. The number of hydrogen-bond acceptors (Lipinski definition) is 3. The molecule has 0 bridgehead atoms. The Morgan fingerprint density at radius 2 is 1.91 bits per heavy atom. The molecule has 1 aromatic rings. The maximum atomic E-state index is 13.0. The fraction of sp³-hybridized carbons (Fsp3) is 0.562. The SMILES string of the molecule is CC(C)C(C(=O)N1CCc2ccccc21)N1CCCS1(=O)=O. The summed E-state index contributed by atoms with van der Waals surface area (Å²) < 4.78 is 25.9. The molecule has 0 aliphatic carbocycles. The van der Waals surface area contributed by atoms with E-state index in [0.717, 1.165) is 17.7 Å². The zero-order valence-electron chi connectivity index (χ0n) is 13.0. The first-order chi connectivity index (χ1) is 10.4. The highest BCUT2D eigenvalue weighted by molar-refractivity contribution is 7.89. The van der Waals surface area contributed by atoms with Crippen molar-refractivity contribution in [3.05, 3.63) is 29.8 Å². The van der Waals surface area contributed by atoms with Gasteiger partial charge >= 0.3 is 0 Å². The van der Waals surface area contributed by atoms with Crippen molar-refractivity contribution < 1.29 is 13.2 Å². The number of fused-ring (bicyclic) bond motifs is 1. The molecule has 1 unspecified atom stereocenters. The summed E-state index contributed by atoms with van der Waals surface area (Å²) in [6, 6.07) is 7.26. The number of rotatable bonds is 3. The van der Waals surface area contributed by atoms with Crippen LogP contribution in [-0.4, -0.2) is 43.5 Å². The highest BCUT2D eigenvalue weighted by Crippen LogP contribution is 2.31. The second-order valence-electron chi connectivity index (χ2n) is 6.34. The zero-order valence-corrected chi connectivity index (χ0v) is 13.8. The van der Waals surface area contributed by atoms with Gasteiger partial charge in [0.1, 0.15) is 6.04 Å². The minimum Gasteiger partial charge on any atom is -0.310 e. The number of anilines is 1. The molecule has 0 spiro atoms. The van der Waals surface area contributed by atoms with E-state index in [1.807, 2.05) is 38.1 Å². The van der Waals surface area contributed by atoms with Crippen molar-refractivity contribution in [1.82, 2.24) is 4.31 Å². The van der Waals surface area contributed by atoms with Crippen molar-refractivity contribution in [2.45, 2.75) is 32.7 Å². The van der Waals surface area contributed by atoms with Crippen LogP contribution in [0.1, 0.15) is 25.8 Å². The van der Waals surface area contributed by atoms with Gasteiger partial charge in [-0.1, -0.05) is 32.0 Å². The van der Waals surface area contributed by atoms with E-state index in [4.69, 9.17) is 0 Å². The van der Waals surface area contributed by atoms with E-state index in [9.17, 15) is 13.2 Å². The summed E-state index contributed by atoms with van der Waals surface area (Å²) in [6.07, 6.45) is 1.44. The van der Waals surface area contributed by atoms with E-state index in [0.29, 0.717) is 19.5 Å². The molecule has 2 heterocycles. The van der Waals surface area contributed by atoms with Gasteiger partial charge in [0, 0.05) is 18.8 Å². The minimum absolute atomic E-state index is 0.0480. The number of hydrogen-bond donors (Lipinski definition) is 0. The van der Waals surface area contributed by atoms with Gasteiger partial charge in [-0.05, 0) is 30.4 Å². The van der Waals surface area contributed by atoms with Crippen molar-refractivity contribution in [2.75, 3.05) is 23.7 Å². The summed E-state index contributed by atoms with van der Waals surface area (Å²) in [6.45, 7) is 4.92. The monoisotopic (exact) mass is 322 g/mol. The van der Waals surface area contributed by atoms with E-state index >= 15 is 0 Å². The molecule has 1 saturated heterocycles. The van der Waals surface area contributed by atoms with E-state index in [2.05, 4.69) is 0 Å². The Morgan fingerprint density at radius 1 is 1.18 bits per heavy atom. The lowest BCUT2D eigenvalue weighted by atomic mass is 10.0. The number of sulfonamides is 1. The van der Waals surface area contributed by atoms with E-state index < -0.39 is 16.1 Å². The fourth-order valence-corrected chi connectivity index (χ4v) is 5.25. The lowest BCUT2D eigenvalue weighted by Gasteiger charge is -2.32. The molecule has 2 aliphatic rings. The number of benzene rings is 1. The van der Waals surface area contributed by atoms with Crippen LogP contribution in [0.15, 0.2) is 24.3 Å². The number of para-hydroxylation sites is 1. The number of nitrogens with zero attached hydrogens (tertiary/aromatic N) is 2. The first-order valence-corrected chi connectivity index (χ1v) is 9.41. The molecule has 5 nitrogen and oxygen atoms in total. The fourth-order valence-electron chi connectivity index (χ4n) is 3.44. The number of carbonyl (C=O) groups is 1. The summed E-state index contributed by atoms with van der Waals surface area (Å²) >= 11 is 0. The Balaban J connectivity index is 1.92. The van der Waals surface area contributed by atoms with Gasteiger partial charge in [-0.3, -0.25) is 4.79 Å². The Bertz CT molecular complexity index is 684. The van der Waals surface area contributed by atoms with Crippen molar-refractivity contribution >= 4 is 21.6 Å². The van der Waals surface area contributed by atoms with Gasteiger partial charge in [0.25, 0.3) is 0 Å². The van der Waals surface area contributed by atoms with Gasteiger partial charge in [0.05, 0.1) is 5.75 Å².